The number of hydrogen-bond acceptors (Lipinski definition) is 6. The molecule has 8 nitrogen and oxygen atoms in total. The Morgan fingerprint density at radius 1 is 1.18 bits per heavy atom. The van der Waals surface area contributed by atoms with Gasteiger partial charge in [-0.1, -0.05) is 18.2 Å². The molecule has 2 bridgehead atoms. The highest BCUT2D eigenvalue weighted by atomic mass is 16.5. The summed E-state index contributed by atoms with van der Waals surface area (Å²) < 4.78 is 16.8. The molecule has 0 unspecified atom stereocenters. The topological polar surface area (TPSA) is 90.0 Å². The van der Waals surface area contributed by atoms with Crippen molar-refractivity contribution >= 4 is 11.8 Å². The molecule has 5 rings (SSSR count). The molecule has 2 saturated heterocycles. The van der Waals surface area contributed by atoms with E-state index in [0.717, 1.165) is 11.1 Å². The fraction of sp³-hybridized carbons (Fsp3) is 0.400. The summed E-state index contributed by atoms with van der Waals surface area (Å²) in [4.78, 5) is 32.3. The Morgan fingerprint density at radius 3 is 2.73 bits per heavy atom. The first-order valence-corrected chi connectivity index (χ1v) is 11.1. The third-order valence-corrected chi connectivity index (χ3v) is 6.77. The maximum atomic E-state index is 13.3. The van der Waals surface area contributed by atoms with Gasteiger partial charge in [-0.15, -0.1) is 0 Å². The van der Waals surface area contributed by atoms with Gasteiger partial charge in [-0.2, -0.15) is 0 Å². The van der Waals surface area contributed by atoms with Crippen molar-refractivity contribution in [3.8, 4) is 11.5 Å². The van der Waals surface area contributed by atoms with Gasteiger partial charge in [0.15, 0.2) is 11.5 Å². The predicted molar refractivity (Wildman–Crippen MR) is 120 cm³/mol. The second-order valence-electron chi connectivity index (χ2n) is 8.68. The van der Waals surface area contributed by atoms with Gasteiger partial charge in [-0.05, 0) is 41.8 Å². The summed E-state index contributed by atoms with van der Waals surface area (Å²) in [6.07, 6.45) is 7.61. The average molecular weight is 450 g/mol. The van der Waals surface area contributed by atoms with Crippen LogP contribution in [-0.4, -0.2) is 60.7 Å². The number of pyridine rings is 1. The Balaban J connectivity index is 1.24. The van der Waals surface area contributed by atoms with Crippen molar-refractivity contribution in [2.24, 2.45) is 11.8 Å². The number of carbonyl (C=O) groups excluding carboxylic acids is 2. The number of aromatic nitrogens is 1. The molecule has 1 aromatic heterocycles. The zero-order valence-corrected chi connectivity index (χ0v) is 18.7. The van der Waals surface area contributed by atoms with Crippen LogP contribution in [0.15, 0.2) is 54.9 Å². The summed E-state index contributed by atoms with van der Waals surface area (Å²) in [6, 6.07) is 9.49. The molecular weight excluding hydrogens is 422 g/mol. The van der Waals surface area contributed by atoms with E-state index < -0.39 is 17.4 Å². The molecule has 4 heterocycles. The molecule has 4 atom stereocenters. The van der Waals surface area contributed by atoms with Crippen molar-refractivity contribution in [1.29, 1.82) is 0 Å². The molecule has 0 saturated carbocycles. The Morgan fingerprint density at radius 2 is 1.97 bits per heavy atom. The van der Waals surface area contributed by atoms with Gasteiger partial charge in [-0.25, -0.2) is 0 Å². The van der Waals surface area contributed by atoms with Crippen molar-refractivity contribution in [2.45, 2.75) is 24.7 Å². The Hall–Kier alpha value is -3.39. The number of amides is 2. The normalized spacial score (nSPS) is 27.0. The molecule has 1 N–H and O–H groups in total. The van der Waals surface area contributed by atoms with E-state index in [4.69, 9.17) is 14.2 Å². The molecule has 0 aliphatic carbocycles. The Labute approximate surface area is 192 Å². The summed E-state index contributed by atoms with van der Waals surface area (Å²) in [5.74, 6) is 0.138. The van der Waals surface area contributed by atoms with Gasteiger partial charge in [0.05, 0.1) is 38.7 Å². The highest BCUT2D eigenvalue weighted by molar-refractivity contribution is 5.93. The van der Waals surface area contributed by atoms with Crippen molar-refractivity contribution in [3.63, 3.8) is 0 Å². The quantitative estimate of drug-likeness (QED) is 0.618. The largest absolute Gasteiger partial charge is 0.493 e. The van der Waals surface area contributed by atoms with E-state index >= 15 is 0 Å². The second kappa shape index (κ2) is 8.51. The third kappa shape index (κ3) is 3.74. The van der Waals surface area contributed by atoms with Crippen LogP contribution in [0.25, 0.3) is 0 Å². The van der Waals surface area contributed by atoms with Crippen LogP contribution < -0.4 is 14.8 Å². The molecule has 0 radical (unpaired) electrons. The minimum absolute atomic E-state index is 0.0290. The summed E-state index contributed by atoms with van der Waals surface area (Å²) in [5, 5.41) is 3.01. The molecule has 172 valence electrons. The van der Waals surface area contributed by atoms with Gasteiger partial charge >= 0.3 is 0 Å². The fourth-order valence-corrected chi connectivity index (χ4v) is 5.20. The monoisotopic (exact) mass is 449 g/mol. The van der Waals surface area contributed by atoms with Crippen molar-refractivity contribution in [2.75, 3.05) is 27.3 Å². The maximum Gasteiger partial charge on any atom is 0.230 e. The van der Waals surface area contributed by atoms with Crippen molar-refractivity contribution in [3.05, 3.63) is 66.0 Å². The van der Waals surface area contributed by atoms with E-state index in [0.29, 0.717) is 37.6 Å². The van der Waals surface area contributed by atoms with E-state index in [1.165, 1.54) is 0 Å². The number of carbonyl (C=O) groups is 2. The molecule has 3 aliphatic rings. The van der Waals surface area contributed by atoms with E-state index in [9.17, 15) is 9.59 Å². The van der Waals surface area contributed by atoms with Crippen LogP contribution in [0.2, 0.25) is 0 Å². The molecule has 2 aromatic rings. The molecule has 1 spiro atoms. The number of hydrogen-bond donors (Lipinski definition) is 1. The number of nitrogens with one attached hydrogen (secondary N) is 1. The van der Waals surface area contributed by atoms with Crippen LogP contribution in [0.4, 0.5) is 0 Å². The SMILES string of the molecule is COc1ccc(CCNC(=O)[C@@H]2[C@H]3C(=O)N(Cc4ccncc4)C[C@]34C=C[C@H]2O4)cc1OC. The Bertz CT molecular complexity index is 1090. The van der Waals surface area contributed by atoms with Gasteiger partial charge in [0.1, 0.15) is 5.60 Å². The third-order valence-electron chi connectivity index (χ3n) is 6.77. The molecule has 8 heteroatoms. The summed E-state index contributed by atoms with van der Waals surface area (Å²) in [6.45, 7) is 1.40. The first-order chi connectivity index (χ1) is 16.0. The van der Waals surface area contributed by atoms with Crippen molar-refractivity contribution < 1.29 is 23.8 Å². The number of benzene rings is 1. The second-order valence-corrected chi connectivity index (χ2v) is 8.68. The minimum atomic E-state index is -0.708. The molecule has 1 aromatic carbocycles. The van der Waals surface area contributed by atoms with Gasteiger partial charge < -0.3 is 24.4 Å². The van der Waals surface area contributed by atoms with Crippen LogP contribution >= 0.6 is 0 Å². The Kier molecular flexibility index (Phi) is 5.54. The lowest BCUT2D eigenvalue weighted by Gasteiger charge is -2.23. The van der Waals surface area contributed by atoms with E-state index in [2.05, 4.69) is 10.3 Å². The smallest absolute Gasteiger partial charge is 0.230 e. The average Bonchev–Trinajstić information content (AvgIpc) is 3.47. The van der Waals surface area contributed by atoms with Crippen LogP contribution in [-0.2, 0) is 27.3 Å². The van der Waals surface area contributed by atoms with Gasteiger partial charge in [0.2, 0.25) is 11.8 Å². The van der Waals surface area contributed by atoms with Crippen LogP contribution in [0.5, 0.6) is 11.5 Å². The molecule has 2 amide bonds. The van der Waals surface area contributed by atoms with Crippen LogP contribution in [0, 0.1) is 11.8 Å². The first-order valence-electron chi connectivity index (χ1n) is 11.1. The van der Waals surface area contributed by atoms with E-state index in [1.807, 2.05) is 42.5 Å². The number of fused-ring (bicyclic) bond motifs is 1. The highest BCUT2D eigenvalue weighted by Gasteiger charge is 2.66. The minimum Gasteiger partial charge on any atom is -0.493 e. The molecule has 3 aliphatic heterocycles. The number of ether oxygens (including phenoxy) is 3. The molecule has 33 heavy (non-hydrogen) atoms. The van der Waals surface area contributed by atoms with Gasteiger partial charge in [0.25, 0.3) is 0 Å². The standard InChI is InChI=1S/C25H27N3O5/c1-31-18-4-3-16(13-20(18)32-2)8-12-27-23(29)21-19-5-9-25(33-19)15-28(24(30)22(21)25)14-17-6-10-26-11-7-17/h3-7,9-11,13,19,21-22H,8,12,14-15H2,1-2H3,(H,27,29)/t19-,21+,22+,25-/m1/s1. The van der Waals surface area contributed by atoms with E-state index in [-0.39, 0.29) is 17.9 Å². The lowest BCUT2D eigenvalue weighted by atomic mass is 9.77. The number of rotatable bonds is 8. The number of methoxy groups -OCH3 is 2. The van der Waals surface area contributed by atoms with Crippen LogP contribution in [0.1, 0.15) is 11.1 Å². The van der Waals surface area contributed by atoms with Gasteiger partial charge in [0, 0.05) is 25.5 Å². The van der Waals surface area contributed by atoms with Crippen LogP contribution in [0.3, 0.4) is 0 Å². The lowest BCUT2D eigenvalue weighted by Crippen LogP contribution is -2.44. The summed E-state index contributed by atoms with van der Waals surface area (Å²) in [5.41, 5.74) is 1.32. The zero-order chi connectivity index (χ0) is 23.0. The van der Waals surface area contributed by atoms with Gasteiger partial charge in [-0.3, -0.25) is 14.6 Å². The number of nitrogens with zero attached hydrogens (tertiary/aromatic N) is 2. The number of likely N-dealkylation sites (tertiary alicyclic amines) is 1. The van der Waals surface area contributed by atoms with E-state index in [1.54, 1.807) is 31.5 Å². The zero-order valence-electron chi connectivity index (χ0n) is 18.7. The fourth-order valence-electron chi connectivity index (χ4n) is 5.20. The predicted octanol–water partition coefficient (Wildman–Crippen LogP) is 1.74. The highest BCUT2D eigenvalue weighted by Crippen LogP contribution is 2.52. The lowest BCUT2D eigenvalue weighted by molar-refractivity contribution is -0.137. The first kappa shape index (κ1) is 21.5. The summed E-state index contributed by atoms with van der Waals surface area (Å²) >= 11 is 0. The van der Waals surface area contributed by atoms with Crippen molar-refractivity contribution in [1.82, 2.24) is 15.2 Å². The molecular formula is C25H27N3O5. The summed E-state index contributed by atoms with van der Waals surface area (Å²) in [7, 11) is 3.19. The molecule has 2 fully saturated rings. The maximum absolute atomic E-state index is 13.3.